The molecule has 0 unspecified atom stereocenters. The Balaban J connectivity index is 1.85. The second-order valence-electron chi connectivity index (χ2n) is 16.1. The van der Waals surface area contributed by atoms with Crippen LogP contribution in [-0.4, -0.2) is 35.0 Å². The van der Waals surface area contributed by atoms with Gasteiger partial charge in [0.1, 0.15) is 11.5 Å². The van der Waals surface area contributed by atoms with Crippen LogP contribution in [0.2, 0.25) is 0 Å². The molecule has 2 aliphatic heterocycles. The highest BCUT2D eigenvalue weighted by atomic mass is 16.5. The Labute approximate surface area is 253 Å². The molecule has 0 atom stereocenters. The van der Waals surface area contributed by atoms with Gasteiger partial charge in [-0.25, -0.2) is 0 Å². The van der Waals surface area contributed by atoms with Gasteiger partial charge < -0.3 is 9.47 Å². The van der Waals surface area contributed by atoms with Crippen LogP contribution in [-0.2, 0) is 21.7 Å². The Morgan fingerprint density at radius 2 is 0.857 bits per heavy atom. The molecule has 4 heteroatoms. The van der Waals surface area contributed by atoms with Crippen molar-refractivity contribution in [3.63, 3.8) is 0 Å². The van der Waals surface area contributed by atoms with Crippen molar-refractivity contribution < 1.29 is 18.6 Å². The van der Waals surface area contributed by atoms with E-state index in [1.807, 2.05) is 0 Å². The van der Waals surface area contributed by atoms with E-state index in [1.165, 1.54) is 22.3 Å². The average molecular weight is 567 g/mol. The summed E-state index contributed by atoms with van der Waals surface area (Å²) >= 11 is 0. The van der Waals surface area contributed by atoms with Crippen LogP contribution in [0.25, 0.3) is 0 Å². The number of hydrogen-bond acceptors (Lipinski definition) is 2. The molecule has 3 aromatic rings. The van der Waals surface area contributed by atoms with Gasteiger partial charge in [0.25, 0.3) is 24.8 Å². The zero-order valence-electron chi connectivity index (χ0n) is 27.9. The van der Waals surface area contributed by atoms with Crippen molar-refractivity contribution in [1.82, 2.24) is 0 Å². The Morgan fingerprint density at radius 3 is 1.17 bits per heavy atom. The zero-order chi connectivity index (χ0) is 30.8. The molecule has 0 saturated heterocycles. The lowest BCUT2D eigenvalue weighted by Crippen LogP contribution is -2.23. The molecule has 0 fully saturated rings. The minimum absolute atomic E-state index is 0.00288. The van der Waals surface area contributed by atoms with Gasteiger partial charge in [0.2, 0.25) is 0 Å². The molecule has 2 aliphatic rings. The van der Waals surface area contributed by atoms with E-state index >= 15 is 0 Å². The van der Waals surface area contributed by atoms with Crippen molar-refractivity contribution in [2.24, 2.45) is 0 Å². The van der Waals surface area contributed by atoms with E-state index in [2.05, 4.69) is 153 Å². The lowest BCUT2D eigenvalue weighted by atomic mass is 9.79. The largest absolute Gasteiger partial charge is 0.435 e. The van der Waals surface area contributed by atoms with Crippen molar-refractivity contribution in [3.05, 3.63) is 81.9 Å². The number of benzene rings is 3. The highest BCUT2D eigenvalue weighted by Crippen LogP contribution is 2.42. The fourth-order valence-electron chi connectivity index (χ4n) is 5.70. The van der Waals surface area contributed by atoms with E-state index in [0.717, 1.165) is 34.0 Å². The van der Waals surface area contributed by atoms with Crippen molar-refractivity contribution in [2.45, 2.75) is 105 Å². The molecule has 0 spiro atoms. The van der Waals surface area contributed by atoms with Crippen LogP contribution in [0.5, 0.6) is 11.5 Å². The van der Waals surface area contributed by atoms with Crippen LogP contribution in [0.4, 0.5) is 11.4 Å². The third-order valence-electron chi connectivity index (χ3n) is 8.37. The molecule has 0 aromatic heterocycles. The van der Waals surface area contributed by atoms with Crippen molar-refractivity contribution in [1.29, 1.82) is 0 Å². The highest BCUT2D eigenvalue weighted by molar-refractivity contribution is 5.85. The van der Waals surface area contributed by atoms with Gasteiger partial charge in [-0.2, -0.15) is 9.15 Å². The van der Waals surface area contributed by atoms with E-state index in [0.29, 0.717) is 13.5 Å². The summed E-state index contributed by atoms with van der Waals surface area (Å²) in [6.45, 7) is 28.0. The first kappa shape index (κ1) is 30.1. The molecule has 222 valence electrons. The van der Waals surface area contributed by atoms with Gasteiger partial charge in [-0.05, 0) is 44.9 Å². The molecule has 4 nitrogen and oxygen atoms in total. The minimum Gasteiger partial charge on any atom is -0.435 e. The summed E-state index contributed by atoms with van der Waals surface area (Å²) < 4.78 is 18.3. The molecule has 5 rings (SSSR count). The molecule has 0 aliphatic carbocycles. The topological polar surface area (TPSA) is 24.5 Å². The Morgan fingerprint density at radius 1 is 0.500 bits per heavy atom. The fraction of sp³-hybridized carbons (Fsp3) is 0.474. The summed E-state index contributed by atoms with van der Waals surface area (Å²) in [6, 6.07) is 17.9. The first-order valence-corrected chi connectivity index (χ1v) is 15.3. The monoisotopic (exact) mass is 566 g/mol. The second-order valence-corrected chi connectivity index (χ2v) is 16.1. The first-order chi connectivity index (χ1) is 19.3. The van der Waals surface area contributed by atoms with Crippen LogP contribution in [0.15, 0.2) is 48.5 Å². The summed E-state index contributed by atoms with van der Waals surface area (Å²) in [5, 5.41) is 0. The van der Waals surface area contributed by atoms with E-state index in [1.54, 1.807) is 0 Å². The molecule has 0 saturated carbocycles. The van der Waals surface area contributed by atoms with Crippen LogP contribution in [0.3, 0.4) is 0 Å². The van der Waals surface area contributed by atoms with Gasteiger partial charge in [-0.1, -0.05) is 107 Å². The Kier molecular flexibility index (Phi) is 7.23. The quantitative estimate of drug-likeness (QED) is 0.254. The van der Waals surface area contributed by atoms with Crippen LogP contribution >= 0.6 is 0 Å². The summed E-state index contributed by atoms with van der Waals surface area (Å²) in [6.07, 6.45) is 4.46. The van der Waals surface area contributed by atoms with Gasteiger partial charge >= 0.3 is 0 Å². The summed E-state index contributed by atoms with van der Waals surface area (Å²) in [5.74, 6) is 1.87. The SMILES string of the molecule is CC(C)(C)c1cc2c(c(C(C)(C)C)c1)OC/[N+]1=C\c3cc(C(C)(C)C)cc(C(C)(C)C)c3OC/[N+](=C\2)c2ccccc21. The predicted molar refractivity (Wildman–Crippen MR) is 175 cm³/mol. The lowest BCUT2D eigenvalue weighted by molar-refractivity contribution is -0.502. The predicted octanol–water partition coefficient (Wildman–Crippen LogP) is 9.10. The molecular weight excluding hydrogens is 516 g/mol. The molecular formula is C38H50N2O2+2. The number of hydrogen-bond donors (Lipinski definition) is 0. The van der Waals surface area contributed by atoms with Crippen LogP contribution in [0.1, 0.15) is 116 Å². The lowest BCUT2D eigenvalue weighted by Gasteiger charge is -2.28. The zero-order valence-corrected chi connectivity index (χ0v) is 27.9. The van der Waals surface area contributed by atoms with Crippen LogP contribution in [0, 0.1) is 0 Å². The number of para-hydroxylation sites is 2. The third kappa shape index (κ3) is 5.78. The van der Waals surface area contributed by atoms with Gasteiger partial charge in [-0.15, -0.1) is 0 Å². The second kappa shape index (κ2) is 10.1. The van der Waals surface area contributed by atoms with Gasteiger partial charge in [-0.3, -0.25) is 0 Å². The summed E-state index contributed by atoms with van der Waals surface area (Å²) in [7, 11) is 0. The Hall–Kier alpha value is -3.40. The van der Waals surface area contributed by atoms with Gasteiger partial charge in [0, 0.05) is 23.3 Å². The molecule has 0 radical (unpaired) electrons. The molecule has 2 heterocycles. The fourth-order valence-corrected chi connectivity index (χ4v) is 5.70. The maximum absolute atomic E-state index is 6.88. The number of rotatable bonds is 0. The van der Waals surface area contributed by atoms with Crippen molar-refractivity contribution >= 4 is 23.8 Å². The van der Waals surface area contributed by atoms with Crippen LogP contribution < -0.4 is 9.47 Å². The number of ether oxygens (including phenoxy) is 2. The molecule has 0 N–H and O–H groups in total. The van der Waals surface area contributed by atoms with E-state index < -0.39 is 0 Å². The average Bonchev–Trinajstić information content (AvgIpc) is 2.95. The number of fused-ring (bicyclic) bond motifs is 2. The highest BCUT2D eigenvalue weighted by Gasteiger charge is 2.35. The standard InChI is InChI=1S/C38H50N2O2/c1-35(2,3)27-17-25-21-39-23-42-34-26(18-28(36(4,5)6)20-30(34)38(10,11)12)22-40(32-16-14-13-15-31(32)39)24-41-33(25)29(19-27)37(7,8)9/h13-22H,23-24H2,1-12H3/q+2/b39-21+,40-22+. The maximum atomic E-state index is 6.88. The van der Waals surface area contributed by atoms with E-state index in [4.69, 9.17) is 9.47 Å². The normalized spacial score (nSPS) is 18.1. The van der Waals surface area contributed by atoms with E-state index in [9.17, 15) is 0 Å². The molecule has 2 bridgehead atoms. The summed E-state index contributed by atoms with van der Waals surface area (Å²) in [5.41, 5.74) is 9.16. The maximum Gasteiger partial charge on any atom is 0.292 e. The van der Waals surface area contributed by atoms with Gasteiger partial charge in [0.05, 0.1) is 11.1 Å². The molecule has 3 aromatic carbocycles. The summed E-state index contributed by atoms with van der Waals surface area (Å²) in [4.78, 5) is 0. The van der Waals surface area contributed by atoms with E-state index in [-0.39, 0.29) is 21.7 Å². The van der Waals surface area contributed by atoms with Crippen molar-refractivity contribution in [3.8, 4) is 11.5 Å². The minimum atomic E-state index is -0.0944. The Bertz CT molecular complexity index is 1480. The third-order valence-corrected chi connectivity index (χ3v) is 8.37. The smallest absolute Gasteiger partial charge is 0.292 e. The van der Waals surface area contributed by atoms with Crippen molar-refractivity contribution in [2.75, 3.05) is 13.5 Å². The van der Waals surface area contributed by atoms with Gasteiger partial charge in [0.15, 0.2) is 12.4 Å². The number of nitrogens with zero attached hydrogens (tertiary/aromatic N) is 2. The molecule has 42 heavy (non-hydrogen) atoms. The first-order valence-electron chi connectivity index (χ1n) is 15.3. The molecule has 0 amide bonds.